The fourth-order valence-corrected chi connectivity index (χ4v) is 1.92. The van der Waals surface area contributed by atoms with Gasteiger partial charge in [-0.15, -0.1) is 0 Å². The topological polar surface area (TPSA) is 71.3 Å². The summed E-state index contributed by atoms with van der Waals surface area (Å²) >= 11 is 0. The largest absolute Gasteiger partial charge is 0.392 e. The fraction of sp³-hybridized carbons (Fsp3) is 0.200. The number of hydrogen-bond acceptors (Lipinski definition) is 3. The summed E-state index contributed by atoms with van der Waals surface area (Å²) in [6.07, 6.45) is 0. The maximum absolute atomic E-state index is 13.2. The zero-order valence-electron chi connectivity index (χ0n) is 11.5. The van der Waals surface area contributed by atoms with Gasteiger partial charge in [-0.3, -0.25) is 9.59 Å². The number of carbonyl (C=O) groups excluding carboxylic acids is 1. The first kappa shape index (κ1) is 14.9. The molecule has 2 aromatic rings. The van der Waals surface area contributed by atoms with E-state index in [1.54, 1.807) is 6.07 Å². The highest BCUT2D eigenvalue weighted by molar-refractivity contribution is 5.92. The summed E-state index contributed by atoms with van der Waals surface area (Å²) < 4.78 is 14.5. The van der Waals surface area contributed by atoms with E-state index in [1.165, 1.54) is 41.9 Å². The van der Waals surface area contributed by atoms with Crippen LogP contribution >= 0.6 is 0 Å². The molecule has 0 atom stereocenters. The maximum Gasteiger partial charge on any atom is 0.268 e. The van der Waals surface area contributed by atoms with Crippen molar-refractivity contribution in [1.29, 1.82) is 0 Å². The smallest absolute Gasteiger partial charge is 0.268 e. The SMILES string of the molecule is Cn1c(C(=O)NCc2ccc(F)c(CO)c2)cccc1=O. The average molecular weight is 290 g/mol. The zero-order valence-corrected chi connectivity index (χ0v) is 11.5. The number of hydrogen-bond donors (Lipinski definition) is 2. The van der Waals surface area contributed by atoms with E-state index in [0.717, 1.165) is 0 Å². The molecular formula is C15H15FN2O3. The average Bonchev–Trinajstić information content (AvgIpc) is 2.49. The van der Waals surface area contributed by atoms with Gasteiger partial charge >= 0.3 is 0 Å². The molecule has 0 fully saturated rings. The van der Waals surface area contributed by atoms with Gasteiger partial charge in [0, 0.05) is 25.2 Å². The Balaban J connectivity index is 2.11. The van der Waals surface area contributed by atoms with Gasteiger partial charge in [-0.25, -0.2) is 4.39 Å². The number of aromatic nitrogens is 1. The normalized spacial score (nSPS) is 10.4. The number of carbonyl (C=O) groups is 1. The number of aliphatic hydroxyl groups is 1. The minimum atomic E-state index is -0.488. The number of nitrogens with zero attached hydrogens (tertiary/aromatic N) is 1. The number of rotatable bonds is 4. The first-order valence-corrected chi connectivity index (χ1v) is 6.35. The van der Waals surface area contributed by atoms with Crippen LogP contribution in [0, 0.1) is 5.82 Å². The van der Waals surface area contributed by atoms with Crippen LogP contribution in [0.25, 0.3) is 0 Å². The van der Waals surface area contributed by atoms with Gasteiger partial charge in [0.2, 0.25) is 0 Å². The third-order valence-electron chi connectivity index (χ3n) is 3.15. The van der Waals surface area contributed by atoms with Crippen molar-refractivity contribution in [3.8, 4) is 0 Å². The lowest BCUT2D eigenvalue weighted by Gasteiger charge is -2.09. The minimum Gasteiger partial charge on any atom is -0.392 e. The van der Waals surface area contributed by atoms with E-state index < -0.39 is 18.3 Å². The van der Waals surface area contributed by atoms with Gasteiger partial charge in [-0.1, -0.05) is 12.1 Å². The molecule has 1 amide bonds. The van der Waals surface area contributed by atoms with Crippen molar-refractivity contribution in [3.05, 3.63) is 69.4 Å². The Morgan fingerprint density at radius 2 is 2.10 bits per heavy atom. The maximum atomic E-state index is 13.2. The molecule has 1 aromatic carbocycles. The lowest BCUT2D eigenvalue weighted by molar-refractivity contribution is 0.0941. The molecule has 2 rings (SSSR count). The van der Waals surface area contributed by atoms with Crippen molar-refractivity contribution in [2.75, 3.05) is 0 Å². The van der Waals surface area contributed by atoms with Crippen LogP contribution < -0.4 is 10.9 Å². The summed E-state index contributed by atoms with van der Waals surface area (Å²) in [5.74, 6) is -0.886. The van der Waals surface area contributed by atoms with Crippen LogP contribution in [0.3, 0.4) is 0 Å². The molecule has 0 aliphatic carbocycles. The Morgan fingerprint density at radius 3 is 2.81 bits per heavy atom. The second kappa shape index (κ2) is 6.32. The predicted octanol–water partition coefficient (Wildman–Crippen LogP) is 0.947. The number of amides is 1. The van der Waals surface area contributed by atoms with Gasteiger partial charge in [-0.2, -0.15) is 0 Å². The number of aliphatic hydroxyl groups excluding tert-OH is 1. The van der Waals surface area contributed by atoms with Crippen molar-refractivity contribution in [2.45, 2.75) is 13.2 Å². The fourth-order valence-electron chi connectivity index (χ4n) is 1.92. The molecule has 110 valence electrons. The van der Waals surface area contributed by atoms with Crippen molar-refractivity contribution in [2.24, 2.45) is 7.05 Å². The molecule has 0 saturated heterocycles. The summed E-state index contributed by atoms with van der Waals surface area (Å²) in [6.45, 7) is -0.226. The Bertz CT molecular complexity index is 725. The van der Waals surface area contributed by atoms with Crippen LogP contribution in [0.1, 0.15) is 21.6 Å². The van der Waals surface area contributed by atoms with Crippen molar-refractivity contribution < 1.29 is 14.3 Å². The lowest BCUT2D eigenvalue weighted by Crippen LogP contribution is -2.30. The molecule has 0 spiro atoms. The van der Waals surface area contributed by atoms with Gasteiger partial charge in [-0.05, 0) is 23.8 Å². The van der Waals surface area contributed by atoms with Crippen molar-refractivity contribution >= 4 is 5.91 Å². The van der Waals surface area contributed by atoms with E-state index >= 15 is 0 Å². The van der Waals surface area contributed by atoms with E-state index in [9.17, 15) is 14.0 Å². The Labute approximate surface area is 120 Å². The highest BCUT2D eigenvalue weighted by Crippen LogP contribution is 2.10. The molecule has 1 aromatic heterocycles. The monoisotopic (exact) mass is 290 g/mol. The quantitative estimate of drug-likeness (QED) is 0.880. The summed E-state index contributed by atoms with van der Waals surface area (Å²) in [6, 6.07) is 8.67. The molecule has 0 unspecified atom stereocenters. The minimum absolute atomic E-state index is 0.175. The standard InChI is InChI=1S/C15H15FN2O3/c1-18-13(3-2-4-14(18)20)15(21)17-8-10-5-6-12(16)11(7-10)9-19/h2-7,19H,8-9H2,1H3,(H,17,21). The molecule has 5 nitrogen and oxygen atoms in total. The second-order valence-corrected chi connectivity index (χ2v) is 4.57. The molecular weight excluding hydrogens is 275 g/mol. The molecule has 2 N–H and O–H groups in total. The van der Waals surface area contributed by atoms with Crippen LogP contribution in [-0.4, -0.2) is 15.6 Å². The molecule has 0 aliphatic rings. The highest BCUT2D eigenvalue weighted by atomic mass is 19.1. The van der Waals surface area contributed by atoms with E-state index in [1.807, 2.05) is 0 Å². The third kappa shape index (κ3) is 3.35. The summed E-state index contributed by atoms with van der Waals surface area (Å²) in [5.41, 5.74) is 0.808. The number of pyridine rings is 1. The summed E-state index contributed by atoms with van der Waals surface area (Å²) in [7, 11) is 1.51. The molecule has 0 aliphatic heterocycles. The first-order valence-electron chi connectivity index (χ1n) is 6.35. The number of nitrogens with one attached hydrogen (secondary N) is 1. The molecule has 1 heterocycles. The van der Waals surface area contributed by atoms with Crippen LogP contribution in [-0.2, 0) is 20.2 Å². The second-order valence-electron chi connectivity index (χ2n) is 4.57. The Morgan fingerprint density at radius 1 is 1.33 bits per heavy atom. The Kier molecular flexibility index (Phi) is 4.49. The van der Waals surface area contributed by atoms with Crippen LogP contribution in [0.15, 0.2) is 41.2 Å². The lowest BCUT2D eigenvalue weighted by atomic mass is 10.1. The van der Waals surface area contributed by atoms with Gasteiger partial charge in [0.1, 0.15) is 11.5 Å². The van der Waals surface area contributed by atoms with Crippen molar-refractivity contribution in [3.63, 3.8) is 0 Å². The molecule has 0 radical (unpaired) electrons. The molecule has 0 saturated carbocycles. The van der Waals surface area contributed by atoms with Gasteiger partial charge in [0.05, 0.1) is 6.61 Å². The van der Waals surface area contributed by atoms with Crippen LogP contribution in [0.5, 0.6) is 0 Å². The van der Waals surface area contributed by atoms with Crippen molar-refractivity contribution in [1.82, 2.24) is 9.88 Å². The predicted molar refractivity (Wildman–Crippen MR) is 75.2 cm³/mol. The van der Waals surface area contributed by atoms with E-state index in [4.69, 9.17) is 5.11 Å². The van der Waals surface area contributed by atoms with Gasteiger partial charge in [0.25, 0.3) is 11.5 Å². The van der Waals surface area contributed by atoms with Gasteiger partial charge in [0.15, 0.2) is 0 Å². The Hall–Kier alpha value is -2.47. The van der Waals surface area contributed by atoms with Crippen LogP contribution in [0.2, 0.25) is 0 Å². The first-order chi connectivity index (χ1) is 10.0. The summed E-state index contributed by atoms with van der Waals surface area (Å²) in [4.78, 5) is 23.5. The van der Waals surface area contributed by atoms with Gasteiger partial charge < -0.3 is 15.0 Å². The number of halogens is 1. The summed E-state index contributed by atoms with van der Waals surface area (Å²) in [5, 5.41) is 11.7. The van der Waals surface area contributed by atoms with E-state index in [0.29, 0.717) is 5.56 Å². The highest BCUT2D eigenvalue weighted by Gasteiger charge is 2.10. The molecule has 6 heteroatoms. The zero-order chi connectivity index (χ0) is 15.4. The van der Waals surface area contributed by atoms with E-state index in [-0.39, 0.29) is 23.4 Å². The molecule has 0 bridgehead atoms. The third-order valence-corrected chi connectivity index (χ3v) is 3.15. The van der Waals surface area contributed by atoms with Crippen LogP contribution in [0.4, 0.5) is 4.39 Å². The number of benzene rings is 1. The van der Waals surface area contributed by atoms with E-state index in [2.05, 4.69) is 5.32 Å². The molecule has 21 heavy (non-hydrogen) atoms.